The Balaban J connectivity index is 2.04. The van der Waals surface area contributed by atoms with E-state index in [1.54, 1.807) is 24.8 Å². The molecule has 0 radical (unpaired) electrons. The van der Waals surface area contributed by atoms with Gasteiger partial charge in [0.1, 0.15) is 5.82 Å². The van der Waals surface area contributed by atoms with Gasteiger partial charge >= 0.3 is 0 Å². The number of rotatable bonds is 4. The zero-order valence-electron chi connectivity index (χ0n) is 10.4. The zero-order chi connectivity index (χ0) is 13.8. The van der Waals surface area contributed by atoms with Crippen LogP contribution in [0, 0.1) is 5.82 Å². The van der Waals surface area contributed by atoms with Crippen LogP contribution < -0.4 is 0 Å². The maximum absolute atomic E-state index is 13.4. The largest absolute Gasteiger partial charge is 0.389 e. The normalized spacial score (nSPS) is 12.4. The minimum atomic E-state index is -0.448. The molecule has 1 N–H and O–H groups in total. The molecule has 0 heterocycles. The van der Waals surface area contributed by atoms with Crippen LogP contribution in [0.25, 0.3) is 0 Å². The second-order valence-electron chi connectivity index (χ2n) is 4.25. The molecular formula is C15H14BrFOS. The quantitative estimate of drug-likeness (QED) is 0.796. The van der Waals surface area contributed by atoms with E-state index in [0.717, 1.165) is 16.0 Å². The minimum absolute atomic E-state index is 0.234. The fourth-order valence-corrected chi connectivity index (χ4v) is 3.14. The first-order valence-electron chi connectivity index (χ1n) is 5.91. The van der Waals surface area contributed by atoms with E-state index in [1.165, 1.54) is 6.07 Å². The summed E-state index contributed by atoms with van der Waals surface area (Å²) in [6.07, 6.45) is -0.448. The predicted octanol–water partition coefficient (Wildman–Crippen LogP) is 4.93. The molecular weight excluding hydrogens is 327 g/mol. The molecule has 1 unspecified atom stereocenters. The van der Waals surface area contributed by atoms with Gasteiger partial charge in [0.05, 0.1) is 10.6 Å². The van der Waals surface area contributed by atoms with Gasteiger partial charge in [-0.1, -0.05) is 24.3 Å². The predicted molar refractivity (Wildman–Crippen MR) is 80.7 cm³/mol. The first-order valence-corrected chi connectivity index (χ1v) is 7.69. The van der Waals surface area contributed by atoms with Gasteiger partial charge in [0.15, 0.2) is 0 Å². The molecule has 0 saturated carbocycles. The Labute approximate surface area is 125 Å². The van der Waals surface area contributed by atoms with Crippen molar-refractivity contribution in [2.75, 3.05) is 0 Å². The third-order valence-electron chi connectivity index (χ3n) is 2.79. The van der Waals surface area contributed by atoms with E-state index in [2.05, 4.69) is 15.9 Å². The molecule has 2 rings (SSSR count). The molecule has 0 spiro atoms. The summed E-state index contributed by atoms with van der Waals surface area (Å²) in [5.41, 5.74) is 1.83. The molecule has 0 aromatic heterocycles. The van der Waals surface area contributed by atoms with Crippen molar-refractivity contribution in [2.45, 2.75) is 23.7 Å². The first kappa shape index (κ1) is 14.6. The van der Waals surface area contributed by atoms with Gasteiger partial charge in [-0.15, -0.1) is 11.8 Å². The highest BCUT2D eigenvalue weighted by molar-refractivity contribution is 9.10. The van der Waals surface area contributed by atoms with Crippen molar-refractivity contribution >= 4 is 27.7 Å². The highest BCUT2D eigenvalue weighted by Crippen LogP contribution is 2.29. The Bertz CT molecular complexity index is 555. The van der Waals surface area contributed by atoms with Gasteiger partial charge in [-0.25, -0.2) is 4.39 Å². The molecule has 0 amide bonds. The lowest BCUT2D eigenvalue weighted by molar-refractivity contribution is 0.199. The fourth-order valence-electron chi connectivity index (χ4n) is 1.66. The zero-order valence-corrected chi connectivity index (χ0v) is 12.8. The Hall–Kier alpha value is -0.840. The van der Waals surface area contributed by atoms with Crippen LogP contribution in [0.1, 0.15) is 24.2 Å². The molecule has 0 bridgehead atoms. The summed E-state index contributed by atoms with van der Waals surface area (Å²) < 4.78 is 13.9. The Morgan fingerprint density at radius 1 is 1.21 bits per heavy atom. The molecule has 0 aliphatic rings. The van der Waals surface area contributed by atoms with Crippen LogP contribution in [0.15, 0.2) is 51.8 Å². The molecule has 0 saturated heterocycles. The van der Waals surface area contributed by atoms with Crippen molar-refractivity contribution in [3.63, 3.8) is 0 Å². The highest BCUT2D eigenvalue weighted by atomic mass is 79.9. The lowest BCUT2D eigenvalue weighted by Crippen LogP contribution is -1.90. The monoisotopic (exact) mass is 340 g/mol. The topological polar surface area (TPSA) is 20.2 Å². The molecule has 0 aliphatic heterocycles. The van der Waals surface area contributed by atoms with E-state index < -0.39 is 6.10 Å². The second kappa shape index (κ2) is 6.55. The Morgan fingerprint density at radius 2 is 1.89 bits per heavy atom. The van der Waals surface area contributed by atoms with Gasteiger partial charge < -0.3 is 5.11 Å². The summed E-state index contributed by atoms with van der Waals surface area (Å²) in [5, 5.41) is 9.43. The standard InChI is InChI=1S/C15H14BrFOS/c1-10(18)11-5-7-13(8-6-11)19-9-12-3-2-4-14(17)15(12)16/h2-8,10,18H,9H2,1H3. The van der Waals surface area contributed by atoms with Crippen molar-refractivity contribution in [1.29, 1.82) is 0 Å². The highest BCUT2D eigenvalue weighted by Gasteiger charge is 2.06. The van der Waals surface area contributed by atoms with Gasteiger partial charge in [0, 0.05) is 10.6 Å². The number of hydrogen-bond donors (Lipinski definition) is 1. The van der Waals surface area contributed by atoms with E-state index >= 15 is 0 Å². The van der Waals surface area contributed by atoms with Crippen molar-refractivity contribution in [1.82, 2.24) is 0 Å². The number of benzene rings is 2. The molecule has 0 aliphatic carbocycles. The third kappa shape index (κ3) is 3.81. The SMILES string of the molecule is CC(O)c1ccc(SCc2cccc(F)c2Br)cc1. The van der Waals surface area contributed by atoms with Gasteiger partial charge in [-0.3, -0.25) is 0 Å². The number of hydrogen-bond acceptors (Lipinski definition) is 2. The second-order valence-corrected chi connectivity index (χ2v) is 6.09. The number of aliphatic hydroxyl groups excluding tert-OH is 1. The van der Waals surface area contributed by atoms with Crippen LogP contribution in [-0.4, -0.2) is 5.11 Å². The maximum atomic E-state index is 13.4. The van der Waals surface area contributed by atoms with E-state index in [9.17, 15) is 9.50 Å². The third-order valence-corrected chi connectivity index (χ3v) is 4.74. The summed E-state index contributed by atoms with van der Waals surface area (Å²) in [5.74, 6) is 0.467. The van der Waals surface area contributed by atoms with Crippen molar-refractivity contribution in [3.8, 4) is 0 Å². The van der Waals surface area contributed by atoms with Gasteiger partial charge in [0.25, 0.3) is 0 Å². The van der Waals surface area contributed by atoms with E-state index in [0.29, 0.717) is 10.2 Å². The summed E-state index contributed by atoms with van der Waals surface area (Å²) >= 11 is 4.90. The van der Waals surface area contributed by atoms with E-state index in [1.807, 2.05) is 30.3 Å². The van der Waals surface area contributed by atoms with Crippen LogP contribution >= 0.6 is 27.7 Å². The van der Waals surface area contributed by atoms with Gasteiger partial charge in [-0.05, 0) is 52.2 Å². The average Bonchev–Trinajstić information content (AvgIpc) is 2.41. The average molecular weight is 341 g/mol. The van der Waals surface area contributed by atoms with Crippen LogP contribution in [0.2, 0.25) is 0 Å². The van der Waals surface area contributed by atoms with Crippen molar-refractivity contribution < 1.29 is 9.50 Å². The number of thioether (sulfide) groups is 1. The van der Waals surface area contributed by atoms with E-state index in [4.69, 9.17) is 0 Å². The number of halogens is 2. The Morgan fingerprint density at radius 3 is 2.53 bits per heavy atom. The van der Waals surface area contributed by atoms with Crippen molar-refractivity contribution in [2.24, 2.45) is 0 Å². The van der Waals surface area contributed by atoms with Crippen LogP contribution in [-0.2, 0) is 5.75 Å². The van der Waals surface area contributed by atoms with Crippen LogP contribution in [0.5, 0.6) is 0 Å². The molecule has 0 fully saturated rings. The van der Waals surface area contributed by atoms with Gasteiger partial charge in [-0.2, -0.15) is 0 Å². The van der Waals surface area contributed by atoms with Crippen LogP contribution in [0.4, 0.5) is 4.39 Å². The molecule has 2 aromatic carbocycles. The molecule has 1 atom stereocenters. The lowest BCUT2D eigenvalue weighted by atomic mass is 10.1. The molecule has 100 valence electrons. The Kier molecular flexibility index (Phi) is 5.02. The molecule has 1 nitrogen and oxygen atoms in total. The number of aliphatic hydroxyl groups is 1. The van der Waals surface area contributed by atoms with E-state index in [-0.39, 0.29) is 5.82 Å². The first-order chi connectivity index (χ1) is 9.08. The fraction of sp³-hybridized carbons (Fsp3) is 0.200. The van der Waals surface area contributed by atoms with Crippen LogP contribution in [0.3, 0.4) is 0 Å². The van der Waals surface area contributed by atoms with Gasteiger partial charge in [0.2, 0.25) is 0 Å². The van der Waals surface area contributed by atoms with Crippen molar-refractivity contribution in [3.05, 3.63) is 63.9 Å². The molecule has 19 heavy (non-hydrogen) atoms. The summed E-state index contributed by atoms with van der Waals surface area (Å²) in [4.78, 5) is 1.10. The molecule has 4 heteroatoms. The summed E-state index contributed by atoms with van der Waals surface area (Å²) in [6.45, 7) is 1.74. The molecule has 2 aromatic rings. The lowest BCUT2D eigenvalue weighted by Gasteiger charge is -2.07. The summed E-state index contributed by atoms with van der Waals surface area (Å²) in [7, 11) is 0. The maximum Gasteiger partial charge on any atom is 0.137 e. The minimum Gasteiger partial charge on any atom is -0.389 e. The smallest absolute Gasteiger partial charge is 0.137 e. The summed E-state index contributed by atoms with van der Waals surface area (Å²) in [6, 6.07) is 12.8.